The van der Waals surface area contributed by atoms with Gasteiger partial charge in [-0.05, 0) is 24.6 Å². The second-order valence-corrected chi connectivity index (χ2v) is 4.53. The number of ether oxygens (including phenoxy) is 1. The van der Waals surface area contributed by atoms with Gasteiger partial charge in [0.25, 0.3) is 0 Å². The molecule has 0 saturated heterocycles. The first-order chi connectivity index (χ1) is 9.72. The number of anilines is 1. The van der Waals surface area contributed by atoms with Gasteiger partial charge in [0.15, 0.2) is 0 Å². The lowest BCUT2D eigenvalue weighted by Crippen LogP contribution is -2.32. The van der Waals surface area contributed by atoms with E-state index in [1.54, 1.807) is 18.2 Å². The monoisotopic (exact) mass is 308 g/mol. The Hall–Kier alpha value is -1.67. The molecule has 4 nitrogen and oxygen atoms in total. The number of carbonyl (C=O) groups excluding carboxylic acids is 1. The van der Waals surface area contributed by atoms with Crippen LogP contribution in [-0.2, 0) is 16.1 Å². The van der Waals surface area contributed by atoms with Gasteiger partial charge in [-0.2, -0.15) is 8.78 Å². The number of rotatable bonds is 7. The summed E-state index contributed by atoms with van der Waals surface area (Å²) in [4.78, 5) is 11.4. The lowest BCUT2D eigenvalue weighted by molar-refractivity contribution is -0.168. The van der Waals surface area contributed by atoms with Gasteiger partial charge in [-0.3, -0.25) is 4.79 Å². The third-order valence-corrected chi connectivity index (χ3v) is 2.49. The summed E-state index contributed by atoms with van der Waals surface area (Å²) >= 11 is 0. The van der Waals surface area contributed by atoms with Crippen molar-refractivity contribution in [3.05, 3.63) is 29.8 Å². The molecule has 1 aromatic rings. The SMILES string of the molecule is C[C@@H](N)C(=O)Nc1cccc(COCC(F)(F)C(F)F)c1. The summed E-state index contributed by atoms with van der Waals surface area (Å²) in [5.41, 5.74) is 6.26. The van der Waals surface area contributed by atoms with Gasteiger partial charge in [0, 0.05) is 5.69 Å². The van der Waals surface area contributed by atoms with Crippen LogP contribution in [0.3, 0.4) is 0 Å². The van der Waals surface area contributed by atoms with E-state index in [2.05, 4.69) is 10.1 Å². The number of nitrogens with one attached hydrogen (secondary N) is 1. The second kappa shape index (κ2) is 7.37. The van der Waals surface area contributed by atoms with E-state index in [4.69, 9.17) is 5.73 Å². The molecule has 0 bridgehead atoms. The number of nitrogens with two attached hydrogens (primary N) is 1. The minimum absolute atomic E-state index is 0.274. The Morgan fingerprint density at radius 2 is 2.10 bits per heavy atom. The largest absolute Gasteiger partial charge is 0.370 e. The molecular formula is C13H16F4N2O2. The topological polar surface area (TPSA) is 64.4 Å². The summed E-state index contributed by atoms with van der Waals surface area (Å²) in [5.74, 6) is -4.59. The zero-order valence-electron chi connectivity index (χ0n) is 11.3. The number of amides is 1. The van der Waals surface area contributed by atoms with Crippen LogP contribution in [0.2, 0.25) is 0 Å². The van der Waals surface area contributed by atoms with Crippen LogP contribution in [0, 0.1) is 0 Å². The number of hydrogen-bond acceptors (Lipinski definition) is 3. The van der Waals surface area contributed by atoms with Gasteiger partial charge in [-0.25, -0.2) is 8.78 Å². The Labute approximate surface area is 119 Å². The molecule has 0 aromatic heterocycles. The van der Waals surface area contributed by atoms with Crippen LogP contribution < -0.4 is 11.1 Å². The first kappa shape index (κ1) is 17.4. The summed E-state index contributed by atoms with van der Waals surface area (Å²) < 4.78 is 53.7. The zero-order chi connectivity index (χ0) is 16.0. The molecule has 0 aliphatic carbocycles. The third-order valence-electron chi connectivity index (χ3n) is 2.49. The van der Waals surface area contributed by atoms with Gasteiger partial charge in [0.1, 0.15) is 6.61 Å². The molecular weight excluding hydrogens is 292 g/mol. The summed E-state index contributed by atoms with van der Waals surface area (Å²) in [6.45, 7) is -0.139. The zero-order valence-corrected chi connectivity index (χ0v) is 11.3. The average molecular weight is 308 g/mol. The number of halogens is 4. The molecule has 0 fully saturated rings. The average Bonchev–Trinajstić information content (AvgIpc) is 2.38. The number of hydrogen-bond donors (Lipinski definition) is 2. The van der Waals surface area contributed by atoms with Crippen molar-refractivity contribution in [1.29, 1.82) is 0 Å². The Balaban J connectivity index is 2.55. The maximum atomic E-state index is 12.6. The van der Waals surface area contributed by atoms with Gasteiger partial charge in [-0.15, -0.1) is 0 Å². The van der Waals surface area contributed by atoms with Crippen LogP contribution in [0.5, 0.6) is 0 Å². The quantitative estimate of drug-likeness (QED) is 0.760. The number of carbonyl (C=O) groups is 1. The molecule has 8 heteroatoms. The maximum Gasteiger partial charge on any atom is 0.330 e. The molecule has 0 aliphatic rings. The maximum absolute atomic E-state index is 12.6. The van der Waals surface area contributed by atoms with E-state index < -0.39 is 30.9 Å². The van der Waals surface area contributed by atoms with Crippen LogP contribution in [0.4, 0.5) is 23.2 Å². The lowest BCUT2D eigenvalue weighted by atomic mass is 10.2. The van der Waals surface area contributed by atoms with Crippen molar-refractivity contribution in [2.75, 3.05) is 11.9 Å². The fourth-order valence-electron chi connectivity index (χ4n) is 1.36. The van der Waals surface area contributed by atoms with E-state index >= 15 is 0 Å². The van der Waals surface area contributed by atoms with Crippen LogP contribution in [0.1, 0.15) is 12.5 Å². The van der Waals surface area contributed by atoms with E-state index in [-0.39, 0.29) is 6.61 Å². The summed E-state index contributed by atoms with van der Waals surface area (Å²) in [6, 6.07) is 5.50. The van der Waals surface area contributed by atoms with Gasteiger partial charge in [-0.1, -0.05) is 12.1 Å². The second-order valence-electron chi connectivity index (χ2n) is 4.53. The summed E-state index contributed by atoms with van der Waals surface area (Å²) in [7, 11) is 0. The van der Waals surface area contributed by atoms with Crippen molar-refractivity contribution in [2.24, 2.45) is 5.73 Å². The molecule has 1 atom stereocenters. The first-order valence-corrected chi connectivity index (χ1v) is 6.11. The van der Waals surface area contributed by atoms with E-state index in [0.29, 0.717) is 11.3 Å². The summed E-state index contributed by atoms with van der Waals surface area (Å²) in [5, 5.41) is 2.52. The first-order valence-electron chi connectivity index (χ1n) is 6.11. The molecule has 118 valence electrons. The molecule has 0 spiro atoms. The van der Waals surface area contributed by atoms with Crippen molar-refractivity contribution in [1.82, 2.24) is 0 Å². The minimum Gasteiger partial charge on any atom is -0.370 e. The Kier molecular flexibility index (Phi) is 6.10. The van der Waals surface area contributed by atoms with Crippen LogP contribution in [0.15, 0.2) is 24.3 Å². The van der Waals surface area contributed by atoms with Gasteiger partial charge in [0.05, 0.1) is 12.6 Å². The molecule has 1 amide bonds. The van der Waals surface area contributed by atoms with Crippen LogP contribution in [0.25, 0.3) is 0 Å². The standard InChI is InChI=1S/C13H16F4N2O2/c1-8(18)11(20)19-10-4-2-3-9(5-10)6-21-7-13(16,17)12(14)15/h2-5,8,12H,6-7,18H2,1H3,(H,19,20)/t8-/m1/s1. The number of alkyl halides is 4. The highest BCUT2D eigenvalue weighted by Gasteiger charge is 2.40. The van der Waals surface area contributed by atoms with Gasteiger partial charge < -0.3 is 15.8 Å². The molecule has 1 aromatic carbocycles. The molecule has 3 N–H and O–H groups in total. The lowest BCUT2D eigenvalue weighted by Gasteiger charge is -2.15. The van der Waals surface area contributed by atoms with Gasteiger partial charge >= 0.3 is 12.3 Å². The highest BCUT2D eigenvalue weighted by Crippen LogP contribution is 2.23. The van der Waals surface area contributed by atoms with Crippen molar-refractivity contribution in [3.63, 3.8) is 0 Å². The molecule has 0 radical (unpaired) electrons. The smallest absolute Gasteiger partial charge is 0.330 e. The van der Waals surface area contributed by atoms with Crippen molar-refractivity contribution in [3.8, 4) is 0 Å². The fraction of sp³-hybridized carbons (Fsp3) is 0.462. The molecule has 21 heavy (non-hydrogen) atoms. The normalized spacial score (nSPS) is 13.3. The van der Waals surface area contributed by atoms with E-state index in [1.165, 1.54) is 13.0 Å². The van der Waals surface area contributed by atoms with Crippen molar-refractivity contribution < 1.29 is 27.1 Å². The fourth-order valence-corrected chi connectivity index (χ4v) is 1.36. The third kappa shape index (κ3) is 5.68. The summed E-state index contributed by atoms with van der Waals surface area (Å²) in [6.07, 6.45) is -3.77. The van der Waals surface area contributed by atoms with Crippen LogP contribution >= 0.6 is 0 Å². The number of benzene rings is 1. The minimum atomic E-state index is -4.18. The van der Waals surface area contributed by atoms with Crippen molar-refractivity contribution >= 4 is 11.6 Å². The van der Waals surface area contributed by atoms with Crippen molar-refractivity contribution in [2.45, 2.75) is 31.9 Å². The van der Waals surface area contributed by atoms with E-state index in [1.807, 2.05) is 0 Å². The highest BCUT2D eigenvalue weighted by atomic mass is 19.3. The van der Waals surface area contributed by atoms with Crippen LogP contribution in [-0.4, -0.2) is 30.9 Å². The van der Waals surface area contributed by atoms with E-state index in [9.17, 15) is 22.4 Å². The predicted molar refractivity (Wildman–Crippen MR) is 69.3 cm³/mol. The molecule has 0 unspecified atom stereocenters. The predicted octanol–water partition coefficient (Wildman–Crippen LogP) is 2.39. The Morgan fingerprint density at radius 3 is 2.67 bits per heavy atom. The molecule has 1 rings (SSSR count). The Bertz CT molecular complexity index is 481. The van der Waals surface area contributed by atoms with E-state index in [0.717, 1.165) is 0 Å². The molecule has 0 saturated carbocycles. The molecule has 0 heterocycles. The molecule has 0 aliphatic heterocycles. The Morgan fingerprint density at radius 1 is 1.43 bits per heavy atom. The highest BCUT2D eigenvalue weighted by molar-refractivity contribution is 5.94. The van der Waals surface area contributed by atoms with Gasteiger partial charge in [0.2, 0.25) is 5.91 Å².